The maximum absolute atomic E-state index is 12.1. The zero-order chi connectivity index (χ0) is 24.0. The first-order chi connectivity index (χ1) is 15.7. The molecule has 0 aliphatic carbocycles. The van der Waals surface area contributed by atoms with Crippen molar-refractivity contribution in [3.05, 3.63) is 112 Å². The number of hydrogen-bond acceptors (Lipinski definition) is 5. The minimum atomic E-state index is -1.06. The van der Waals surface area contributed by atoms with E-state index in [1.54, 1.807) is 48.7 Å². The van der Waals surface area contributed by atoms with Gasteiger partial charge in [-0.05, 0) is 66.1 Å². The molecule has 0 fully saturated rings. The molecule has 1 heterocycles. The third-order valence-electron chi connectivity index (χ3n) is 5.09. The highest BCUT2D eigenvalue weighted by Gasteiger charge is 2.12. The topological polar surface area (TPSA) is 121 Å². The summed E-state index contributed by atoms with van der Waals surface area (Å²) in [5.41, 5.74) is 14.8. The van der Waals surface area contributed by atoms with E-state index in [-0.39, 0.29) is 23.6 Å². The zero-order valence-corrected chi connectivity index (χ0v) is 18.6. The Morgan fingerprint density at radius 2 is 1.73 bits per heavy atom. The van der Waals surface area contributed by atoms with Crippen molar-refractivity contribution in [2.45, 2.75) is 20.4 Å². The first-order valence-electron chi connectivity index (χ1n) is 10.5. The molecule has 0 saturated carbocycles. The number of rotatable bonds is 8. The monoisotopic (exact) mass is 445 g/mol. The van der Waals surface area contributed by atoms with Gasteiger partial charge in [0.1, 0.15) is 11.5 Å². The molecule has 3 aromatic rings. The predicted molar refractivity (Wildman–Crippen MR) is 129 cm³/mol. The van der Waals surface area contributed by atoms with E-state index in [4.69, 9.17) is 16.2 Å². The fourth-order valence-electron chi connectivity index (χ4n) is 3.01. The molecule has 0 aliphatic heterocycles. The molecule has 7 nitrogen and oxygen atoms in total. The lowest BCUT2D eigenvalue weighted by atomic mass is 10.1. The Kier molecular flexibility index (Phi) is 7.35. The van der Waals surface area contributed by atoms with Crippen LogP contribution in [-0.2, 0) is 6.54 Å². The Morgan fingerprint density at radius 3 is 2.36 bits per heavy atom. The van der Waals surface area contributed by atoms with Crippen molar-refractivity contribution in [3.8, 4) is 11.5 Å². The van der Waals surface area contributed by atoms with Crippen LogP contribution in [0.15, 0.2) is 89.5 Å². The van der Waals surface area contributed by atoms with Gasteiger partial charge in [0.15, 0.2) is 0 Å². The van der Waals surface area contributed by atoms with E-state index in [1.807, 2.05) is 26.0 Å². The standard InChI is InChI=1S/C26H27N3O4/c1-17(2)22(27)12-13-23(28)18-8-10-21(11-9-18)33-24-15-19(26(31)32)6-7-20(24)16-29-14-4-3-5-25(29)30/h3-15,17H,16,27-28H2,1-2H3,(H,31,32)/b22-12-,23-13-. The minimum absolute atomic E-state index is 0.0903. The molecular weight excluding hydrogens is 418 g/mol. The second-order valence-corrected chi connectivity index (χ2v) is 7.86. The van der Waals surface area contributed by atoms with E-state index in [0.717, 1.165) is 11.3 Å². The van der Waals surface area contributed by atoms with Crippen LogP contribution >= 0.6 is 0 Å². The third-order valence-corrected chi connectivity index (χ3v) is 5.09. The number of pyridine rings is 1. The van der Waals surface area contributed by atoms with Crippen molar-refractivity contribution in [2.24, 2.45) is 17.4 Å². The van der Waals surface area contributed by atoms with Gasteiger partial charge >= 0.3 is 5.97 Å². The number of nitrogens with two attached hydrogens (primary N) is 2. The van der Waals surface area contributed by atoms with Crippen molar-refractivity contribution in [2.75, 3.05) is 0 Å². The maximum atomic E-state index is 12.1. The summed E-state index contributed by atoms with van der Waals surface area (Å²) < 4.78 is 7.53. The molecular formula is C26H27N3O4. The van der Waals surface area contributed by atoms with E-state index in [2.05, 4.69) is 0 Å². The number of aromatic nitrogens is 1. The highest BCUT2D eigenvalue weighted by atomic mass is 16.5. The van der Waals surface area contributed by atoms with Gasteiger partial charge in [0.25, 0.3) is 5.56 Å². The Balaban J connectivity index is 1.87. The smallest absolute Gasteiger partial charge is 0.335 e. The van der Waals surface area contributed by atoms with Crippen molar-refractivity contribution >= 4 is 11.7 Å². The Bertz CT molecular complexity index is 1260. The quantitative estimate of drug-likeness (QED) is 0.447. The van der Waals surface area contributed by atoms with E-state index < -0.39 is 5.97 Å². The lowest BCUT2D eigenvalue weighted by Gasteiger charge is -2.14. The third kappa shape index (κ3) is 6.13. The van der Waals surface area contributed by atoms with E-state index in [0.29, 0.717) is 22.8 Å². The van der Waals surface area contributed by atoms with Crippen molar-refractivity contribution in [1.82, 2.24) is 4.57 Å². The van der Waals surface area contributed by atoms with Crippen LogP contribution in [0.5, 0.6) is 11.5 Å². The van der Waals surface area contributed by atoms with Gasteiger partial charge in [0.2, 0.25) is 0 Å². The van der Waals surface area contributed by atoms with Gasteiger partial charge in [-0.3, -0.25) is 4.79 Å². The number of carbonyl (C=O) groups is 1. The molecule has 1 aromatic heterocycles. The average molecular weight is 446 g/mol. The number of aromatic carboxylic acids is 1. The van der Waals surface area contributed by atoms with Crippen LogP contribution in [-0.4, -0.2) is 15.6 Å². The summed E-state index contributed by atoms with van der Waals surface area (Å²) in [7, 11) is 0. The summed E-state index contributed by atoms with van der Waals surface area (Å²) in [5, 5.41) is 9.38. The second kappa shape index (κ2) is 10.4. The van der Waals surface area contributed by atoms with Crippen molar-refractivity contribution in [3.63, 3.8) is 0 Å². The first kappa shape index (κ1) is 23.4. The van der Waals surface area contributed by atoms with E-state index >= 15 is 0 Å². The van der Waals surface area contributed by atoms with Crippen LogP contribution in [0.2, 0.25) is 0 Å². The molecule has 0 bridgehead atoms. The number of nitrogens with zero attached hydrogens (tertiary/aromatic N) is 1. The maximum Gasteiger partial charge on any atom is 0.335 e. The zero-order valence-electron chi connectivity index (χ0n) is 18.6. The van der Waals surface area contributed by atoms with Crippen LogP contribution in [0.1, 0.15) is 35.3 Å². The molecule has 5 N–H and O–H groups in total. The highest BCUT2D eigenvalue weighted by molar-refractivity contribution is 5.88. The number of carboxylic acids is 1. The van der Waals surface area contributed by atoms with Gasteiger partial charge in [0.05, 0.1) is 12.1 Å². The fraction of sp³-hybridized carbons (Fsp3) is 0.154. The number of hydrogen-bond donors (Lipinski definition) is 3. The van der Waals surface area contributed by atoms with Crippen LogP contribution in [0, 0.1) is 5.92 Å². The second-order valence-electron chi connectivity index (χ2n) is 7.86. The van der Waals surface area contributed by atoms with Gasteiger partial charge in [-0.15, -0.1) is 0 Å². The van der Waals surface area contributed by atoms with Crippen molar-refractivity contribution < 1.29 is 14.6 Å². The Hall–Kier alpha value is -4.26. The summed E-state index contributed by atoms with van der Waals surface area (Å²) in [6.07, 6.45) is 5.22. The number of carboxylic acid groups (broad SMARTS) is 1. The summed E-state index contributed by atoms with van der Waals surface area (Å²) in [4.78, 5) is 23.6. The SMILES string of the molecule is CC(C)/C(N)=C/C=C(\N)c1ccc(Oc2cc(C(=O)O)ccc2Cn2ccccc2=O)cc1. The predicted octanol–water partition coefficient (Wildman–Crippen LogP) is 4.19. The number of benzene rings is 2. The molecule has 170 valence electrons. The van der Waals surface area contributed by atoms with Gasteiger partial charge in [0, 0.05) is 29.2 Å². The largest absolute Gasteiger partial charge is 0.478 e. The molecule has 7 heteroatoms. The van der Waals surface area contributed by atoms with E-state index in [9.17, 15) is 14.7 Å². The molecule has 3 rings (SSSR count). The Labute approximate surface area is 192 Å². The van der Waals surface area contributed by atoms with Gasteiger partial charge in [-0.1, -0.05) is 26.0 Å². The number of allylic oxidation sites excluding steroid dienone is 3. The first-order valence-corrected chi connectivity index (χ1v) is 10.5. The molecule has 0 aliphatic rings. The van der Waals surface area contributed by atoms with Gasteiger partial charge in [-0.25, -0.2) is 4.79 Å². The fourth-order valence-corrected chi connectivity index (χ4v) is 3.01. The minimum Gasteiger partial charge on any atom is -0.478 e. The molecule has 33 heavy (non-hydrogen) atoms. The van der Waals surface area contributed by atoms with Gasteiger partial charge in [-0.2, -0.15) is 0 Å². The number of ether oxygens (including phenoxy) is 1. The lowest BCUT2D eigenvalue weighted by Crippen LogP contribution is -2.18. The molecule has 0 spiro atoms. The average Bonchev–Trinajstić information content (AvgIpc) is 2.80. The molecule has 2 aromatic carbocycles. The molecule has 0 atom stereocenters. The summed E-state index contributed by atoms with van der Waals surface area (Å²) in [6, 6.07) is 16.6. The molecule has 0 amide bonds. The molecule has 0 unspecified atom stereocenters. The molecule has 0 radical (unpaired) electrons. The highest BCUT2D eigenvalue weighted by Crippen LogP contribution is 2.28. The normalized spacial score (nSPS) is 12.1. The molecule has 0 saturated heterocycles. The summed E-state index contributed by atoms with van der Waals surface area (Å²) >= 11 is 0. The van der Waals surface area contributed by atoms with Crippen LogP contribution < -0.4 is 21.8 Å². The lowest BCUT2D eigenvalue weighted by molar-refractivity contribution is 0.0696. The van der Waals surface area contributed by atoms with Crippen LogP contribution in [0.3, 0.4) is 0 Å². The summed E-state index contributed by atoms with van der Waals surface area (Å²) in [5.74, 6) is 0.0279. The van der Waals surface area contributed by atoms with Crippen molar-refractivity contribution in [1.29, 1.82) is 0 Å². The Morgan fingerprint density at radius 1 is 1.03 bits per heavy atom. The van der Waals surface area contributed by atoms with Crippen LogP contribution in [0.4, 0.5) is 0 Å². The van der Waals surface area contributed by atoms with Gasteiger partial charge < -0.3 is 25.9 Å². The van der Waals surface area contributed by atoms with E-state index in [1.165, 1.54) is 22.8 Å². The van der Waals surface area contributed by atoms with Crippen LogP contribution in [0.25, 0.3) is 5.70 Å². The summed E-state index contributed by atoms with van der Waals surface area (Å²) in [6.45, 7) is 4.25.